The lowest BCUT2D eigenvalue weighted by molar-refractivity contribution is -0.278. The molecule has 2 unspecified atom stereocenters. The number of carbonyl (C=O) groups excluding carboxylic acids is 1. The van der Waals surface area contributed by atoms with Crippen molar-refractivity contribution in [3.63, 3.8) is 0 Å². The van der Waals surface area contributed by atoms with Gasteiger partial charge in [-0.1, -0.05) is 0 Å². The van der Waals surface area contributed by atoms with E-state index in [1.807, 2.05) is 0 Å². The molecule has 1 aromatic heterocycles. The smallest absolute Gasteiger partial charge is 0.317 e. The summed E-state index contributed by atoms with van der Waals surface area (Å²) in [7, 11) is 0. The first kappa shape index (κ1) is 26.7. The van der Waals surface area contributed by atoms with Crippen molar-refractivity contribution in [1.82, 2.24) is 0 Å². The number of rotatable bonds is 7. The fourth-order valence-corrected chi connectivity index (χ4v) is 3.80. The molecule has 1 fully saturated rings. The second kappa shape index (κ2) is 10.5. The molecular formula is C24H22O14. The third-order valence-corrected chi connectivity index (χ3v) is 5.65. The van der Waals surface area contributed by atoms with Crippen LogP contribution in [-0.2, 0) is 19.1 Å². The van der Waals surface area contributed by atoms with Gasteiger partial charge in [0, 0.05) is 17.7 Å². The van der Waals surface area contributed by atoms with E-state index in [1.165, 1.54) is 24.3 Å². The molecule has 0 amide bonds. The van der Waals surface area contributed by atoms with E-state index in [9.17, 15) is 45.0 Å². The molecule has 7 N–H and O–H groups in total. The van der Waals surface area contributed by atoms with Crippen LogP contribution in [0.2, 0.25) is 0 Å². The van der Waals surface area contributed by atoms with Crippen LogP contribution in [0.3, 0.4) is 0 Å². The summed E-state index contributed by atoms with van der Waals surface area (Å²) in [6.45, 7) is -0.728. The number of carboxylic acids is 1. The summed E-state index contributed by atoms with van der Waals surface area (Å²) in [4.78, 5) is 35.6. The maximum Gasteiger partial charge on any atom is 0.317 e. The highest BCUT2D eigenvalue weighted by Gasteiger charge is 2.46. The average molecular weight is 534 g/mol. The number of aliphatic carboxylic acids is 1. The molecule has 4 rings (SSSR count). The van der Waals surface area contributed by atoms with Gasteiger partial charge in [-0.3, -0.25) is 14.4 Å². The molecule has 14 heteroatoms. The highest BCUT2D eigenvalue weighted by molar-refractivity contribution is 5.90. The first-order valence-corrected chi connectivity index (χ1v) is 11.0. The summed E-state index contributed by atoms with van der Waals surface area (Å²) in [5.74, 6) is -4.68. The van der Waals surface area contributed by atoms with E-state index in [-0.39, 0.29) is 22.7 Å². The second-order valence-corrected chi connectivity index (χ2v) is 8.36. The van der Waals surface area contributed by atoms with Crippen LogP contribution in [0.15, 0.2) is 45.6 Å². The molecule has 0 spiro atoms. The summed E-state index contributed by atoms with van der Waals surface area (Å²) in [5.41, 5.74) is -1.01. The molecule has 3 aromatic rings. The average Bonchev–Trinajstić information content (AvgIpc) is 2.84. The van der Waals surface area contributed by atoms with Crippen molar-refractivity contribution >= 4 is 22.9 Å². The zero-order chi connectivity index (χ0) is 27.7. The van der Waals surface area contributed by atoms with Crippen LogP contribution >= 0.6 is 0 Å². The van der Waals surface area contributed by atoms with Gasteiger partial charge in [-0.05, 0) is 24.3 Å². The van der Waals surface area contributed by atoms with Crippen LogP contribution in [0.4, 0.5) is 0 Å². The number of ether oxygens (including phenoxy) is 3. The zero-order valence-electron chi connectivity index (χ0n) is 19.3. The lowest BCUT2D eigenvalue weighted by Crippen LogP contribution is -2.60. The number of fused-ring (bicyclic) bond motifs is 1. The third-order valence-electron chi connectivity index (χ3n) is 5.65. The van der Waals surface area contributed by atoms with Crippen molar-refractivity contribution in [2.45, 2.75) is 37.1 Å². The van der Waals surface area contributed by atoms with Gasteiger partial charge < -0.3 is 54.4 Å². The van der Waals surface area contributed by atoms with Crippen LogP contribution in [-0.4, -0.2) is 85.0 Å². The normalized spacial score (nSPS) is 23.2. The van der Waals surface area contributed by atoms with Gasteiger partial charge in [0.2, 0.25) is 17.5 Å². The molecule has 2 aromatic carbocycles. The van der Waals surface area contributed by atoms with Crippen molar-refractivity contribution in [3.05, 3.63) is 46.6 Å². The zero-order valence-corrected chi connectivity index (χ0v) is 19.3. The van der Waals surface area contributed by atoms with Crippen molar-refractivity contribution in [2.75, 3.05) is 6.61 Å². The predicted octanol–water partition coefficient (Wildman–Crippen LogP) is -0.219. The minimum Gasteiger partial charge on any atom is -0.508 e. The molecule has 1 aliphatic rings. The Morgan fingerprint density at radius 2 is 1.61 bits per heavy atom. The van der Waals surface area contributed by atoms with Crippen molar-refractivity contribution < 1.29 is 64.0 Å². The number of hydrogen-bond acceptors (Lipinski definition) is 13. The highest BCUT2D eigenvalue weighted by atomic mass is 16.7. The van der Waals surface area contributed by atoms with Crippen molar-refractivity contribution in [2.24, 2.45) is 0 Å². The first-order valence-electron chi connectivity index (χ1n) is 11.0. The quantitative estimate of drug-likeness (QED) is 0.153. The van der Waals surface area contributed by atoms with Gasteiger partial charge in [0.1, 0.15) is 65.7 Å². The Labute approximate surface area is 212 Å². The molecule has 202 valence electrons. The second-order valence-electron chi connectivity index (χ2n) is 8.36. The third kappa shape index (κ3) is 5.33. The van der Waals surface area contributed by atoms with Crippen molar-refractivity contribution in [1.29, 1.82) is 0 Å². The Balaban J connectivity index is 1.73. The molecule has 1 saturated heterocycles. The van der Waals surface area contributed by atoms with Crippen LogP contribution in [0.25, 0.3) is 22.3 Å². The monoisotopic (exact) mass is 534 g/mol. The number of aliphatic hydroxyl groups excluding tert-OH is 3. The van der Waals surface area contributed by atoms with Crippen LogP contribution < -0.4 is 10.2 Å². The van der Waals surface area contributed by atoms with Gasteiger partial charge in [0.15, 0.2) is 5.76 Å². The Kier molecular flexibility index (Phi) is 7.41. The summed E-state index contributed by atoms with van der Waals surface area (Å²) >= 11 is 0. The number of phenolic OH excluding ortho intramolecular Hbond substituents is 3. The number of carboxylic acid groups (broad SMARTS) is 1. The first-order chi connectivity index (χ1) is 18.0. The number of hydrogen-bond donors (Lipinski definition) is 7. The number of aromatic hydroxyl groups is 3. The largest absolute Gasteiger partial charge is 0.508 e. The molecular weight excluding hydrogens is 512 g/mol. The van der Waals surface area contributed by atoms with Crippen molar-refractivity contribution in [3.8, 4) is 34.3 Å². The molecule has 0 aliphatic carbocycles. The van der Waals surface area contributed by atoms with E-state index in [4.69, 9.17) is 23.7 Å². The summed E-state index contributed by atoms with van der Waals surface area (Å²) in [6, 6.07) is 7.22. The SMILES string of the molecule is O=C(O)CC(=O)OCC1O[C@@H](Oc2c(-c3ccc(O)cc3)oc3cc(O)cc(O)c3c2=O)[C@@H](O)C(O)[C@@H]1O. The van der Waals surface area contributed by atoms with Crippen LogP contribution in [0, 0.1) is 0 Å². The molecule has 0 saturated carbocycles. The van der Waals surface area contributed by atoms with Gasteiger partial charge in [-0.15, -0.1) is 0 Å². The van der Waals surface area contributed by atoms with Gasteiger partial charge in [-0.2, -0.15) is 0 Å². The van der Waals surface area contributed by atoms with E-state index in [2.05, 4.69) is 0 Å². The number of carbonyl (C=O) groups is 2. The van der Waals surface area contributed by atoms with Gasteiger partial charge in [0.05, 0.1) is 0 Å². The minimum absolute atomic E-state index is 0.113. The topological polar surface area (TPSA) is 234 Å². The number of benzene rings is 2. The van der Waals surface area contributed by atoms with Crippen LogP contribution in [0.1, 0.15) is 6.42 Å². The highest BCUT2D eigenvalue weighted by Crippen LogP contribution is 2.37. The predicted molar refractivity (Wildman–Crippen MR) is 123 cm³/mol. The number of esters is 1. The molecule has 14 nitrogen and oxygen atoms in total. The Morgan fingerprint density at radius 1 is 0.921 bits per heavy atom. The van der Waals surface area contributed by atoms with E-state index in [0.29, 0.717) is 0 Å². The van der Waals surface area contributed by atoms with E-state index in [1.54, 1.807) is 0 Å². The summed E-state index contributed by atoms with van der Waals surface area (Å²) < 4.78 is 21.5. The Hall–Kier alpha value is -4.37. The van der Waals surface area contributed by atoms with Gasteiger partial charge in [-0.25, -0.2) is 0 Å². The molecule has 0 bridgehead atoms. The van der Waals surface area contributed by atoms with E-state index >= 15 is 0 Å². The number of aliphatic hydroxyl groups is 3. The summed E-state index contributed by atoms with van der Waals surface area (Å²) in [5, 5.41) is 69.0. The lowest BCUT2D eigenvalue weighted by Gasteiger charge is -2.39. The van der Waals surface area contributed by atoms with E-state index < -0.39 is 83.7 Å². The fraction of sp³-hybridized carbons (Fsp3) is 0.292. The Bertz CT molecular complexity index is 1410. The summed E-state index contributed by atoms with van der Waals surface area (Å²) in [6.07, 6.45) is -9.97. The maximum absolute atomic E-state index is 13.4. The molecule has 2 heterocycles. The minimum atomic E-state index is -1.94. The molecule has 5 atom stereocenters. The maximum atomic E-state index is 13.4. The molecule has 0 radical (unpaired) electrons. The van der Waals surface area contributed by atoms with E-state index in [0.717, 1.165) is 12.1 Å². The number of phenols is 3. The van der Waals surface area contributed by atoms with Gasteiger partial charge >= 0.3 is 11.9 Å². The fourth-order valence-electron chi connectivity index (χ4n) is 3.80. The van der Waals surface area contributed by atoms with Crippen LogP contribution in [0.5, 0.6) is 23.0 Å². The van der Waals surface area contributed by atoms with Gasteiger partial charge in [0.25, 0.3) is 0 Å². The molecule has 1 aliphatic heterocycles. The lowest BCUT2D eigenvalue weighted by atomic mass is 9.99. The standard InChI is InChI=1S/C24H22O14/c25-10-3-1-9(2-4-10)22-23(19(32)17-12(27)5-11(26)6-13(17)36-22)38-24-21(34)20(33)18(31)14(37-24)8-35-16(30)7-15(28)29/h1-6,14,18,20-21,24-27,31,33-34H,7-8H2,(H,28,29)/t14?,18-,20?,21+,24+/m1/s1. The molecule has 38 heavy (non-hydrogen) atoms. The Morgan fingerprint density at radius 3 is 2.26 bits per heavy atom.